The molecule has 1 aromatic carbocycles. The van der Waals surface area contributed by atoms with Crippen LogP contribution in [0, 0.1) is 11.8 Å². The topological polar surface area (TPSA) is 47.3 Å². The predicted octanol–water partition coefficient (Wildman–Crippen LogP) is 3.03. The number of benzene rings is 1. The number of nitrogens with two attached hydrogens (primary N) is 1. The summed E-state index contributed by atoms with van der Waals surface area (Å²) in [5.74, 6) is 8.20. The molecule has 0 spiro atoms. The van der Waals surface area contributed by atoms with E-state index in [2.05, 4.69) is 24.5 Å². The van der Waals surface area contributed by atoms with Crippen molar-refractivity contribution in [2.45, 2.75) is 38.6 Å². The van der Waals surface area contributed by atoms with Crippen molar-refractivity contribution < 1.29 is 4.74 Å². The second-order valence-electron chi connectivity index (χ2n) is 5.23. The van der Waals surface area contributed by atoms with Crippen LogP contribution >= 0.6 is 0 Å². The smallest absolute Gasteiger partial charge is 0.123 e. The summed E-state index contributed by atoms with van der Waals surface area (Å²) in [6.07, 6.45) is 5.13. The minimum atomic E-state index is 0.206. The maximum Gasteiger partial charge on any atom is 0.123 e. The Hall–Kier alpha value is -1.06. The number of hydrogen-bond acceptors (Lipinski definition) is 3. The molecule has 0 aromatic heterocycles. The second-order valence-corrected chi connectivity index (χ2v) is 5.23. The average Bonchev–Trinajstić information content (AvgIpc) is 2.89. The molecule has 3 unspecified atom stereocenters. The lowest BCUT2D eigenvalue weighted by molar-refractivity contribution is 0.339. The van der Waals surface area contributed by atoms with Crippen molar-refractivity contribution >= 4 is 0 Å². The summed E-state index contributed by atoms with van der Waals surface area (Å²) < 4.78 is 5.45. The molecule has 0 amide bonds. The summed E-state index contributed by atoms with van der Waals surface area (Å²) in [5, 5.41) is 0. The zero-order valence-electron chi connectivity index (χ0n) is 11.4. The number of rotatable bonds is 5. The molecule has 0 radical (unpaired) electrons. The van der Waals surface area contributed by atoms with E-state index in [1.165, 1.54) is 31.2 Å². The van der Waals surface area contributed by atoms with Gasteiger partial charge in [0.25, 0.3) is 0 Å². The summed E-state index contributed by atoms with van der Waals surface area (Å²) in [5.41, 5.74) is 4.18. The van der Waals surface area contributed by atoms with E-state index in [1.807, 2.05) is 12.1 Å². The maximum atomic E-state index is 5.79. The van der Waals surface area contributed by atoms with Gasteiger partial charge in [0, 0.05) is 5.56 Å². The lowest BCUT2D eigenvalue weighted by atomic mass is 9.90. The predicted molar refractivity (Wildman–Crippen MR) is 74.2 cm³/mol. The van der Waals surface area contributed by atoms with Crippen LogP contribution in [0.5, 0.6) is 5.75 Å². The Kier molecular flexibility index (Phi) is 4.61. The van der Waals surface area contributed by atoms with E-state index >= 15 is 0 Å². The van der Waals surface area contributed by atoms with Crippen LogP contribution in [0.25, 0.3) is 0 Å². The van der Waals surface area contributed by atoms with Crippen LogP contribution in [0.4, 0.5) is 0 Å². The van der Waals surface area contributed by atoms with Gasteiger partial charge in [-0.1, -0.05) is 38.0 Å². The quantitative estimate of drug-likeness (QED) is 0.622. The van der Waals surface area contributed by atoms with Gasteiger partial charge < -0.3 is 4.74 Å². The molecule has 1 aromatic rings. The molecule has 3 heteroatoms. The summed E-state index contributed by atoms with van der Waals surface area (Å²) in [4.78, 5) is 0. The first-order valence-electron chi connectivity index (χ1n) is 6.89. The highest BCUT2D eigenvalue weighted by Crippen LogP contribution is 2.41. The lowest BCUT2D eigenvalue weighted by Gasteiger charge is -2.25. The monoisotopic (exact) mass is 248 g/mol. The van der Waals surface area contributed by atoms with Gasteiger partial charge in [-0.25, -0.2) is 0 Å². The van der Waals surface area contributed by atoms with Crippen molar-refractivity contribution in [1.82, 2.24) is 5.43 Å². The van der Waals surface area contributed by atoms with E-state index in [0.717, 1.165) is 11.7 Å². The van der Waals surface area contributed by atoms with E-state index < -0.39 is 0 Å². The SMILES string of the molecule is CCC1CCC(C(NN)c2ccccc2OC)C1. The van der Waals surface area contributed by atoms with Crippen molar-refractivity contribution in [3.05, 3.63) is 29.8 Å². The zero-order valence-corrected chi connectivity index (χ0v) is 11.4. The maximum absolute atomic E-state index is 5.79. The van der Waals surface area contributed by atoms with Gasteiger partial charge in [0.2, 0.25) is 0 Å². The van der Waals surface area contributed by atoms with Gasteiger partial charge in [-0.2, -0.15) is 0 Å². The molecule has 2 rings (SSSR count). The number of hydrogen-bond donors (Lipinski definition) is 2. The molecule has 0 saturated heterocycles. The van der Waals surface area contributed by atoms with Gasteiger partial charge in [0.05, 0.1) is 13.2 Å². The third-order valence-corrected chi connectivity index (χ3v) is 4.28. The van der Waals surface area contributed by atoms with Crippen LogP contribution in [0.15, 0.2) is 24.3 Å². The summed E-state index contributed by atoms with van der Waals surface area (Å²) >= 11 is 0. The number of hydrazine groups is 1. The molecule has 1 aliphatic carbocycles. The van der Waals surface area contributed by atoms with Gasteiger partial charge >= 0.3 is 0 Å². The first-order valence-corrected chi connectivity index (χ1v) is 6.89. The Morgan fingerprint density at radius 1 is 1.39 bits per heavy atom. The first kappa shape index (κ1) is 13.4. The normalized spacial score (nSPS) is 25.1. The van der Waals surface area contributed by atoms with Gasteiger partial charge in [-0.15, -0.1) is 0 Å². The van der Waals surface area contributed by atoms with Gasteiger partial charge in [0.15, 0.2) is 0 Å². The van der Waals surface area contributed by atoms with Crippen molar-refractivity contribution in [3.8, 4) is 5.75 Å². The fourth-order valence-corrected chi connectivity index (χ4v) is 3.19. The molecule has 0 bridgehead atoms. The largest absolute Gasteiger partial charge is 0.496 e. The molecule has 1 saturated carbocycles. The van der Waals surface area contributed by atoms with Crippen LogP contribution in [0.3, 0.4) is 0 Å². The van der Waals surface area contributed by atoms with Crippen molar-refractivity contribution in [2.75, 3.05) is 7.11 Å². The molecular formula is C15H24N2O. The van der Waals surface area contributed by atoms with Crippen molar-refractivity contribution in [2.24, 2.45) is 17.7 Å². The van der Waals surface area contributed by atoms with E-state index in [0.29, 0.717) is 5.92 Å². The highest BCUT2D eigenvalue weighted by Gasteiger charge is 2.31. The van der Waals surface area contributed by atoms with Crippen LogP contribution in [0.1, 0.15) is 44.2 Å². The number of ether oxygens (including phenoxy) is 1. The highest BCUT2D eigenvalue weighted by molar-refractivity contribution is 5.36. The highest BCUT2D eigenvalue weighted by atomic mass is 16.5. The number of nitrogens with one attached hydrogen (secondary N) is 1. The van der Waals surface area contributed by atoms with Gasteiger partial charge in [-0.3, -0.25) is 11.3 Å². The van der Waals surface area contributed by atoms with Crippen LogP contribution in [-0.4, -0.2) is 7.11 Å². The Morgan fingerprint density at radius 2 is 2.17 bits per heavy atom. The molecular weight excluding hydrogens is 224 g/mol. The minimum absolute atomic E-state index is 0.206. The second kappa shape index (κ2) is 6.21. The van der Waals surface area contributed by atoms with E-state index in [1.54, 1.807) is 7.11 Å². The van der Waals surface area contributed by atoms with Crippen LogP contribution in [0.2, 0.25) is 0 Å². The Balaban J connectivity index is 2.18. The van der Waals surface area contributed by atoms with Crippen molar-refractivity contribution in [3.63, 3.8) is 0 Å². The van der Waals surface area contributed by atoms with Crippen molar-refractivity contribution in [1.29, 1.82) is 0 Å². The molecule has 3 atom stereocenters. The molecule has 0 heterocycles. The Morgan fingerprint density at radius 3 is 2.78 bits per heavy atom. The zero-order chi connectivity index (χ0) is 13.0. The summed E-state index contributed by atoms with van der Waals surface area (Å²) in [6, 6.07) is 8.38. The fraction of sp³-hybridized carbons (Fsp3) is 0.600. The number of para-hydroxylation sites is 1. The molecule has 3 N–H and O–H groups in total. The molecule has 100 valence electrons. The molecule has 1 aliphatic rings. The summed E-state index contributed by atoms with van der Waals surface area (Å²) in [7, 11) is 1.72. The van der Waals surface area contributed by atoms with Crippen LogP contribution in [-0.2, 0) is 0 Å². The third kappa shape index (κ3) is 2.68. The lowest BCUT2D eigenvalue weighted by Crippen LogP contribution is -2.33. The summed E-state index contributed by atoms with van der Waals surface area (Å²) in [6.45, 7) is 2.28. The average molecular weight is 248 g/mol. The fourth-order valence-electron chi connectivity index (χ4n) is 3.19. The number of methoxy groups -OCH3 is 1. The standard InChI is InChI=1S/C15H24N2O/c1-3-11-8-9-12(10-11)15(17-16)13-6-4-5-7-14(13)18-2/h4-7,11-12,15,17H,3,8-10,16H2,1-2H3. The Labute approximate surface area is 110 Å². The molecule has 1 fully saturated rings. The van der Waals surface area contributed by atoms with E-state index in [-0.39, 0.29) is 6.04 Å². The molecule has 3 nitrogen and oxygen atoms in total. The molecule has 0 aliphatic heterocycles. The minimum Gasteiger partial charge on any atom is -0.496 e. The van der Waals surface area contributed by atoms with Gasteiger partial charge in [-0.05, 0) is 30.7 Å². The van der Waals surface area contributed by atoms with Gasteiger partial charge in [0.1, 0.15) is 5.75 Å². The van der Waals surface area contributed by atoms with E-state index in [9.17, 15) is 0 Å². The molecule has 18 heavy (non-hydrogen) atoms. The van der Waals surface area contributed by atoms with Crippen LogP contribution < -0.4 is 16.0 Å². The first-order chi connectivity index (χ1) is 8.80. The van der Waals surface area contributed by atoms with E-state index in [4.69, 9.17) is 10.6 Å². The third-order valence-electron chi connectivity index (χ3n) is 4.28. The Bertz CT molecular complexity index is 381.